The van der Waals surface area contributed by atoms with Crippen LogP contribution in [0.3, 0.4) is 0 Å². The largest absolute Gasteiger partial charge is 0.417 e. The van der Waals surface area contributed by atoms with Crippen molar-refractivity contribution in [2.75, 3.05) is 6.54 Å². The third-order valence-electron chi connectivity index (χ3n) is 2.96. The average molecular weight is 241 g/mol. The first-order valence-corrected chi connectivity index (χ1v) is 5.33. The Bertz CT molecular complexity index is 571. The number of hydrogen-bond donors (Lipinski definition) is 1. The molecule has 0 saturated heterocycles. The summed E-state index contributed by atoms with van der Waals surface area (Å²) in [5.74, 6) is 0. The number of rotatable bonds is 0. The fourth-order valence-electron chi connectivity index (χ4n) is 2.11. The lowest BCUT2D eigenvalue weighted by molar-refractivity contribution is -0.137. The SMILES string of the molecule is FC(F)(F)c1ccc2nc3c(n2c1)CNCC3. The van der Waals surface area contributed by atoms with Crippen LogP contribution in [-0.4, -0.2) is 15.9 Å². The van der Waals surface area contributed by atoms with Gasteiger partial charge in [-0.15, -0.1) is 0 Å². The molecule has 1 aliphatic heterocycles. The number of fused-ring (bicyclic) bond motifs is 3. The summed E-state index contributed by atoms with van der Waals surface area (Å²) in [5.41, 5.74) is 1.66. The molecule has 0 fully saturated rings. The standard InChI is InChI=1S/C11H10F3N3/c12-11(13,14)7-1-2-10-16-8-3-4-15-5-9(8)17(10)6-7/h1-2,6,15H,3-5H2. The Morgan fingerprint density at radius 2 is 2.12 bits per heavy atom. The van der Waals surface area contributed by atoms with Crippen LogP contribution >= 0.6 is 0 Å². The number of hydrogen-bond acceptors (Lipinski definition) is 2. The lowest BCUT2D eigenvalue weighted by Crippen LogP contribution is -2.24. The van der Waals surface area contributed by atoms with Crippen LogP contribution in [0.1, 0.15) is 17.0 Å². The third-order valence-corrected chi connectivity index (χ3v) is 2.96. The second-order valence-electron chi connectivity index (χ2n) is 4.08. The monoisotopic (exact) mass is 241 g/mol. The Morgan fingerprint density at radius 1 is 1.29 bits per heavy atom. The lowest BCUT2D eigenvalue weighted by Gasteiger charge is -2.13. The molecule has 0 aliphatic carbocycles. The zero-order chi connectivity index (χ0) is 12.0. The molecule has 3 nitrogen and oxygen atoms in total. The summed E-state index contributed by atoms with van der Waals surface area (Å²) in [6, 6.07) is 2.49. The van der Waals surface area contributed by atoms with Gasteiger partial charge in [0.1, 0.15) is 5.65 Å². The van der Waals surface area contributed by atoms with Gasteiger partial charge in [-0.05, 0) is 12.1 Å². The van der Waals surface area contributed by atoms with Gasteiger partial charge in [0.15, 0.2) is 0 Å². The van der Waals surface area contributed by atoms with E-state index >= 15 is 0 Å². The predicted molar refractivity (Wildman–Crippen MR) is 55.6 cm³/mol. The van der Waals surface area contributed by atoms with Gasteiger partial charge in [0.05, 0.1) is 17.0 Å². The molecule has 1 N–H and O–H groups in total. The molecule has 3 rings (SSSR count). The minimum absolute atomic E-state index is 0.567. The van der Waals surface area contributed by atoms with Gasteiger partial charge in [0, 0.05) is 25.7 Å². The Balaban J connectivity index is 2.21. The van der Waals surface area contributed by atoms with Gasteiger partial charge in [-0.2, -0.15) is 13.2 Å². The second kappa shape index (κ2) is 3.46. The lowest BCUT2D eigenvalue weighted by atomic mass is 10.2. The minimum atomic E-state index is -4.31. The highest BCUT2D eigenvalue weighted by Gasteiger charge is 2.31. The molecule has 6 heteroatoms. The van der Waals surface area contributed by atoms with E-state index in [0.717, 1.165) is 36.6 Å². The Morgan fingerprint density at radius 3 is 2.88 bits per heavy atom. The summed E-state index contributed by atoms with van der Waals surface area (Å²) in [6.45, 7) is 1.39. The summed E-state index contributed by atoms with van der Waals surface area (Å²) in [6.07, 6.45) is -2.43. The van der Waals surface area contributed by atoms with Crippen molar-refractivity contribution in [3.8, 4) is 0 Å². The van der Waals surface area contributed by atoms with E-state index in [2.05, 4.69) is 10.3 Å². The van der Waals surface area contributed by atoms with Gasteiger partial charge in [-0.3, -0.25) is 0 Å². The Labute approximate surface area is 95.3 Å². The molecule has 0 atom stereocenters. The number of halogens is 3. The number of nitrogens with zero attached hydrogens (tertiary/aromatic N) is 2. The second-order valence-corrected chi connectivity index (χ2v) is 4.08. The molecular formula is C11H10F3N3. The van der Waals surface area contributed by atoms with Crippen molar-refractivity contribution in [1.29, 1.82) is 0 Å². The van der Waals surface area contributed by atoms with E-state index in [1.54, 1.807) is 0 Å². The molecule has 0 aromatic carbocycles. The Kier molecular flexibility index (Phi) is 2.16. The van der Waals surface area contributed by atoms with Gasteiger partial charge in [-0.25, -0.2) is 4.98 Å². The predicted octanol–water partition coefficient (Wildman–Crippen LogP) is 2.00. The van der Waals surface area contributed by atoms with Crippen LogP contribution in [-0.2, 0) is 19.1 Å². The van der Waals surface area contributed by atoms with Crippen molar-refractivity contribution in [1.82, 2.24) is 14.7 Å². The molecule has 3 heterocycles. The quantitative estimate of drug-likeness (QED) is 0.764. The van der Waals surface area contributed by atoms with Crippen LogP contribution in [0.5, 0.6) is 0 Å². The Hall–Kier alpha value is -1.56. The number of alkyl halides is 3. The van der Waals surface area contributed by atoms with Crippen molar-refractivity contribution in [3.05, 3.63) is 35.3 Å². The van der Waals surface area contributed by atoms with Gasteiger partial charge in [-0.1, -0.05) is 0 Å². The van der Waals surface area contributed by atoms with Crippen molar-refractivity contribution in [2.45, 2.75) is 19.1 Å². The molecule has 1 aliphatic rings. The zero-order valence-electron chi connectivity index (χ0n) is 8.88. The third kappa shape index (κ3) is 1.68. The van der Waals surface area contributed by atoms with Gasteiger partial charge >= 0.3 is 6.18 Å². The maximum absolute atomic E-state index is 12.6. The smallest absolute Gasteiger partial charge is 0.311 e. The van der Waals surface area contributed by atoms with E-state index in [4.69, 9.17) is 0 Å². The van der Waals surface area contributed by atoms with E-state index in [-0.39, 0.29) is 0 Å². The first kappa shape index (κ1) is 10.6. The first-order chi connectivity index (χ1) is 8.05. The molecule has 0 spiro atoms. The van der Waals surface area contributed by atoms with Crippen molar-refractivity contribution < 1.29 is 13.2 Å². The van der Waals surface area contributed by atoms with Gasteiger partial charge in [0.25, 0.3) is 0 Å². The highest BCUT2D eigenvalue weighted by atomic mass is 19.4. The van der Waals surface area contributed by atoms with Crippen molar-refractivity contribution in [3.63, 3.8) is 0 Å². The fourth-order valence-corrected chi connectivity index (χ4v) is 2.11. The van der Waals surface area contributed by atoms with E-state index in [1.807, 2.05) is 0 Å². The molecule has 0 radical (unpaired) electrons. The normalized spacial score (nSPS) is 16.2. The number of pyridine rings is 1. The molecule has 0 amide bonds. The molecule has 0 unspecified atom stereocenters. The van der Waals surface area contributed by atoms with Gasteiger partial charge < -0.3 is 9.72 Å². The molecule has 2 aromatic rings. The van der Waals surface area contributed by atoms with E-state index in [9.17, 15) is 13.2 Å². The van der Waals surface area contributed by atoms with Crippen LogP contribution in [0.2, 0.25) is 0 Å². The summed E-state index contributed by atoms with van der Waals surface area (Å²) in [5, 5.41) is 3.14. The highest BCUT2D eigenvalue weighted by molar-refractivity contribution is 5.45. The van der Waals surface area contributed by atoms with Crippen molar-refractivity contribution >= 4 is 5.65 Å². The number of nitrogens with one attached hydrogen (secondary N) is 1. The molecule has 0 bridgehead atoms. The summed E-state index contributed by atoms with van der Waals surface area (Å²) < 4.78 is 39.3. The average Bonchev–Trinajstić information content (AvgIpc) is 2.65. The van der Waals surface area contributed by atoms with E-state index in [0.29, 0.717) is 12.2 Å². The fraction of sp³-hybridized carbons (Fsp3) is 0.364. The first-order valence-electron chi connectivity index (χ1n) is 5.33. The van der Waals surface area contributed by atoms with Crippen LogP contribution in [0.25, 0.3) is 5.65 Å². The van der Waals surface area contributed by atoms with Crippen LogP contribution < -0.4 is 5.32 Å². The minimum Gasteiger partial charge on any atom is -0.311 e. The molecular weight excluding hydrogens is 231 g/mol. The van der Waals surface area contributed by atoms with Crippen LogP contribution in [0.4, 0.5) is 13.2 Å². The number of imidazole rings is 1. The maximum atomic E-state index is 12.6. The number of aromatic nitrogens is 2. The summed E-state index contributed by atoms with van der Waals surface area (Å²) in [4.78, 5) is 4.33. The van der Waals surface area contributed by atoms with Crippen LogP contribution in [0, 0.1) is 0 Å². The molecule has 90 valence electrons. The maximum Gasteiger partial charge on any atom is 0.417 e. The molecule has 0 saturated carbocycles. The van der Waals surface area contributed by atoms with Crippen LogP contribution in [0.15, 0.2) is 18.3 Å². The zero-order valence-corrected chi connectivity index (χ0v) is 8.88. The summed E-state index contributed by atoms with van der Waals surface area (Å²) >= 11 is 0. The molecule has 2 aromatic heterocycles. The van der Waals surface area contributed by atoms with E-state index in [1.165, 1.54) is 10.5 Å². The van der Waals surface area contributed by atoms with Gasteiger partial charge in [0.2, 0.25) is 0 Å². The molecule has 17 heavy (non-hydrogen) atoms. The summed E-state index contributed by atoms with van der Waals surface area (Å²) in [7, 11) is 0. The highest BCUT2D eigenvalue weighted by Crippen LogP contribution is 2.30. The van der Waals surface area contributed by atoms with E-state index < -0.39 is 11.7 Å². The topological polar surface area (TPSA) is 29.3 Å². The van der Waals surface area contributed by atoms with Crippen molar-refractivity contribution in [2.24, 2.45) is 0 Å².